The number of carbonyl (C=O) groups excluding carboxylic acids is 3. The van der Waals surface area contributed by atoms with Crippen molar-refractivity contribution in [1.82, 2.24) is 0 Å². The minimum Gasteiger partial charge on any atom is -0.483 e. The summed E-state index contributed by atoms with van der Waals surface area (Å²) in [6, 6.07) is 23.5. The zero-order chi connectivity index (χ0) is 32.8. The molecule has 2 amide bonds. The molecule has 0 fully saturated rings. The maximum atomic E-state index is 12.2. The second kappa shape index (κ2) is 21.8. The molecule has 3 aromatic carbocycles. The molecule has 11 nitrogen and oxygen atoms in total. The second-order valence-electron chi connectivity index (χ2n) is 8.81. The molecule has 0 heterocycles. The lowest BCUT2D eigenvalue weighted by molar-refractivity contribution is -0.140. The normalized spacial score (nSPS) is 11.2. The number of benzene rings is 3. The summed E-state index contributed by atoms with van der Waals surface area (Å²) in [5.74, 6) is 1.56. The van der Waals surface area contributed by atoms with Crippen molar-refractivity contribution in [3.8, 4) is 11.5 Å². The Morgan fingerprint density at radius 1 is 0.750 bits per heavy atom. The third kappa shape index (κ3) is 19.4. The minimum atomic E-state index is -3.21. The smallest absolute Gasteiger partial charge is 0.330 e. The predicted octanol–water partition coefficient (Wildman–Crippen LogP) is 6.95. The highest BCUT2D eigenvalue weighted by Crippen LogP contribution is 2.44. The maximum absolute atomic E-state index is 12.2. The molecule has 0 saturated carbocycles. The molecule has 0 saturated heterocycles. The summed E-state index contributed by atoms with van der Waals surface area (Å²) in [6.45, 7) is 7.99. The van der Waals surface area contributed by atoms with Crippen LogP contribution in [0, 0.1) is 0 Å². The van der Waals surface area contributed by atoms with Gasteiger partial charge in [0.1, 0.15) is 17.4 Å². The molecule has 0 aromatic heterocycles. The first kappa shape index (κ1) is 38.2. The fourth-order valence-corrected chi connectivity index (χ4v) is 3.96. The van der Waals surface area contributed by atoms with Crippen molar-refractivity contribution in [2.24, 2.45) is 0 Å². The van der Waals surface area contributed by atoms with E-state index < -0.39 is 7.60 Å². The molecule has 1 atom stereocenters. The van der Waals surface area contributed by atoms with Gasteiger partial charge in [0.2, 0.25) is 11.8 Å². The van der Waals surface area contributed by atoms with Crippen LogP contribution in [0.2, 0.25) is 0 Å². The molecular weight excluding hydrogens is 607 g/mol. The van der Waals surface area contributed by atoms with Gasteiger partial charge in [-0.15, -0.1) is 11.8 Å². The number of anilines is 2. The van der Waals surface area contributed by atoms with E-state index in [0.717, 1.165) is 17.0 Å². The molecule has 240 valence electrons. The van der Waals surface area contributed by atoms with E-state index in [4.69, 9.17) is 18.5 Å². The van der Waals surface area contributed by atoms with Crippen molar-refractivity contribution in [3.05, 3.63) is 84.4 Å². The van der Waals surface area contributed by atoms with Crippen molar-refractivity contribution in [3.63, 3.8) is 0 Å². The molecule has 0 radical (unpaired) electrons. The van der Waals surface area contributed by atoms with Gasteiger partial charge >= 0.3 is 13.6 Å². The highest BCUT2D eigenvalue weighted by Gasteiger charge is 2.17. The van der Waals surface area contributed by atoms with E-state index in [1.807, 2.05) is 60.9 Å². The van der Waals surface area contributed by atoms with Gasteiger partial charge in [-0.1, -0.05) is 30.3 Å². The Morgan fingerprint density at radius 3 is 1.66 bits per heavy atom. The quantitative estimate of drug-likeness (QED) is 0.114. The lowest BCUT2D eigenvalue weighted by Gasteiger charge is -2.15. The largest absolute Gasteiger partial charge is 0.483 e. The molecule has 2 N–H and O–H groups in total. The van der Waals surface area contributed by atoms with E-state index in [-0.39, 0.29) is 31.2 Å². The Bertz CT molecular complexity index is 1310. The third-order valence-corrected chi connectivity index (χ3v) is 6.39. The van der Waals surface area contributed by atoms with Crippen LogP contribution in [0.5, 0.6) is 11.5 Å². The first-order chi connectivity index (χ1) is 20.9. The van der Waals surface area contributed by atoms with Crippen molar-refractivity contribution < 1.29 is 42.2 Å². The number of nitrogens with one attached hydrogen (secondary N) is 2. The van der Waals surface area contributed by atoms with Gasteiger partial charge in [-0.05, 0) is 67.3 Å². The van der Waals surface area contributed by atoms with Gasteiger partial charge < -0.3 is 29.4 Å². The summed E-state index contributed by atoms with van der Waals surface area (Å²) in [7, 11) is -3.21. The van der Waals surface area contributed by atoms with Crippen molar-refractivity contribution in [2.75, 3.05) is 42.9 Å². The standard InChI is InChI=1S/C17H20NO5P.C10H13NO2S.C4H8O2/c1-14(19)18-16-8-10-17(11-9-16)21-13-23-24(2,20)22-12-15-6-4-3-5-7-15;1-8(12)11-9-3-5-10(6-4-9)13-7-14-2;1-3-6-4(2)5/h3-11H,12-13H2,1-2H3,(H,18,19);3-6H,7H2,1-2H3,(H,11,12);3H2,1-2H3. The van der Waals surface area contributed by atoms with E-state index in [1.54, 1.807) is 43.0 Å². The van der Waals surface area contributed by atoms with E-state index in [0.29, 0.717) is 24.0 Å². The van der Waals surface area contributed by atoms with Crippen LogP contribution in [0.4, 0.5) is 11.4 Å². The molecular formula is C31H41N2O9PS. The monoisotopic (exact) mass is 648 g/mol. The number of hydrogen-bond acceptors (Lipinski definition) is 10. The second-order valence-corrected chi connectivity index (χ2v) is 11.7. The topological polar surface area (TPSA) is 138 Å². The fraction of sp³-hybridized carbons (Fsp3) is 0.323. The third-order valence-electron chi connectivity index (χ3n) is 4.86. The van der Waals surface area contributed by atoms with E-state index in [2.05, 4.69) is 15.4 Å². The van der Waals surface area contributed by atoms with Crippen molar-refractivity contribution in [1.29, 1.82) is 0 Å². The van der Waals surface area contributed by atoms with Gasteiger partial charge in [0.05, 0.1) is 13.2 Å². The Balaban J connectivity index is 0.000000407. The average Bonchev–Trinajstić information content (AvgIpc) is 2.97. The first-order valence-electron chi connectivity index (χ1n) is 13.5. The van der Waals surface area contributed by atoms with Crippen LogP contribution in [0.3, 0.4) is 0 Å². The van der Waals surface area contributed by atoms with Crippen molar-refractivity contribution in [2.45, 2.75) is 34.3 Å². The van der Waals surface area contributed by atoms with Gasteiger partial charge in [0.25, 0.3) is 0 Å². The molecule has 0 bridgehead atoms. The van der Waals surface area contributed by atoms with Crippen LogP contribution in [0.1, 0.15) is 33.3 Å². The predicted molar refractivity (Wildman–Crippen MR) is 174 cm³/mol. The number of esters is 1. The first-order valence-corrected chi connectivity index (χ1v) is 16.9. The van der Waals surface area contributed by atoms with Crippen LogP contribution in [0.15, 0.2) is 78.9 Å². The van der Waals surface area contributed by atoms with Gasteiger partial charge in [-0.25, -0.2) is 0 Å². The van der Waals surface area contributed by atoms with Crippen LogP contribution in [0.25, 0.3) is 0 Å². The number of amides is 2. The van der Waals surface area contributed by atoms with E-state index in [9.17, 15) is 18.9 Å². The molecule has 3 aromatic rings. The molecule has 3 rings (SSSR count). The summed E-state index contributed by atoms with van der Waals surface area (Å²) in [6.07, 6.45) is 1.98. The lowest BCUT2D eigenvalue weighted by atomic mass is 10.2. The van der Waals surface area contributed by atoms with Crippen LogP contribution in [-0.2, 0) is 39.3 Å². The van der Waals surface area contributed by atoms with Gasteiger partial charge in [0, 0.05) is 38.8 Å². The highest BCUT2D eigenvalue weighted by atomic mass is 32.2. The van der Waals surface area contributed by atoms with Crippen molar-refractivity contribution >= 4 is 48.5 Å². The molecule has 1 unspecified atom stereocenters. The average molecular weight is 649 g/mol. The number of hydrogen-bond donors (Lipinski definition) is 2. The van der Waals surface area contributed by atoms with Crippen LogP contribution < -0.4 is 20.1 Å². The number of ether oxygens (including phenoxy) is 3. The van der Waals surface area contributed by atoms with Crippen LogP contribution in [-0.4, -0.2) is 50.0 Å². The van der Waals surface area contributed by atoms with Crippen LogP contribution >= 0.6 is 19.4 Å². The molecule has 13 heteroatoms. The maximum Gasteiger partial charge on any atom is 0.330 e. The van der Waals surface area contributed by atoms with Gasteiger partial charge in [-0.2, -0.15) is 0 Å². The summed E-state index contributed by atoms with van der Waals surface area (Å²) >= 11 is 1.62. The Kier molecular flexibility index (Phi) is 18.9. The van der Waals surface area contributed by atoms with Gasteiger partial charge in [-0.3, -0.25) is 23.5 Å². The summed E-state index contributed by atoms with van der Waals surface area (Å²) in [5, 5.41) is 5.34. The number of carbonyl (C=O) groups is 3. The minimum absolute atomic E-state index is 0.0669. The van der Waals surface area contributed by atoms with Gasteiger partial charge in [0.15, 0.2) is 6.79 Å². The Labute approximate surface area is 263 Å². The molecule has 44 heavy (non-hydrogen) atoms. The lowest BCUT2D eigenvalue weighted by Crippen LogP contribution is -2.06. The number of rotatable bonds is 13. The zero-order valence-corrected chi connectivity index (χ0v) is 27.6. The molecule has 0 aliphatic rings. The molecule has 0 aliphatic heterocycles. The fourth-order valence-electron chi connectivity index (χ4n) is 3.00. The summed E-state index contributed by atoms with van der Waals surface area (Å²) < 4.78 is 37.8. The Hall–Kier alpha value is -3.83. The SMILES string of the molecule is CC(=O)Nc1ccc(OCOP(C)(=O)OCc2ccccc2)cc1.CCOC(C)=O.CSCOc1ccc(NC(C)=O)cc1. The van der Waals surface area contributed by atoms with E-state index >= 15 is 0 Å². The zero-order valence-electron chi connectivity index (χ0n) is 25.9. The number of thioether (sulfide) groups is 1. The molecule has 0 aliphatic carbocycles. The Morgan fingerprint density at radius 2 is 1.25 bits per heavy atom. The highest BCUT2D eigenvalue weighted by molar-refractivity contribution is 7.98. The summed E-state index contributed by atoms with van der Waals surface area (Å²) in [4.78, 5) is 31.5. The van der Waals surface area contributed by atoms with E-state index in [1.165, 1.54) is 27.4 Å². The summed E-state index contributed by atoms with van der Waals surface area (Å²) in [5.41, 5.74) is 2.37. The molecule has 0 spiro atoms.